The second kappa shape index (κ2) is 10.1. The number of hydrogen-bond acceptors (Lipinski definition) is 6. The van der Waals surface area contributed by atoms with E-state index in [1.54, 1.807) is 6.07 Å². The maximum Gasteiger partial charge on any atom is 0.255 e. The smallest absolute Gasteiger partial charge is 0.255 e. The highest BCUT2D eigenvalue weighted by Gasteiger charge is 2.29. The lowest BCUT2D eigenvalue weighted by Crippen LogP contribution is -2.47. The van der Waals surface area contributed by atoms with Crippen molar-refractivity contribution in [2.24, 2.45) is 5.92 Å². The summed E-state index contributed by atoms with van der Waals surface area (Å²) in [6.45, 7) is 3.65. The zero-order valence-electron chi connectivity index (χ0n) is 15.6. The number of piperidine rings is 1. The first-order valence-electron chi connectivity index (χ1n) is 9.58. The van der Waals surface area contributed by atoms with Crippen LogP contribution in [-0.2, 0) is 0 Å². The van der Waals surface area contributed by atoms with E-state index in [1.807, 2.05) is 0 Å². The predicted octanol–water partition coefficient (Wildman–Crippen LogP) is 2.06. The Morgan fingerprint density at radius 3 is 2.82 bits per heavy atom. The van der Waals surface area contributed by atoms with Crippen LogP contribution in [0.15, 0.2) is 10.5 Å². The van der Waals surface area contributed by atoms with Crippen LogP contribution in [0, 0.1) is 5.92 Å². The maximum atomic E-state index is 12.8. The van der Waals surface area contributed by atoms with E-state index in [9.17, 15) is 9.90 Å². The van der Waals surface area contributed by atoms with Gasteiger partial charge in [-0.2, -0.15) is 0 Å². The highest BCUT2D eigenvalue weighted by Crippen LogP contribution is 2.44. The summed E-state index contributed by atoms with van der Waals surface area (Å²) >= 11 is 9.65. The second-order valence-corrected chi connectivity index (χ2v) is 8.33. The topological polar surface area (TPSA) is 91.3 Å². The number of fused-ring (bicyclic) bond motifs is 1. The van der Waals surface area contributed by atoms with E-state index in [4.69, 9.17) is 26.2 Å². The van der Waals surface area contributed by atoms with Crippen molar-refractivity contribution in [1.82, 2.24) is 10.2 Å². The predicted molar refractivity (Wildman–Crippen MR) is 109 cm³/mol. The molecule has 7 nitrogen and oxygen atoms in total. The van der Waals surface area contributed by atoms with E-state index in [-0.39, 0.29) is 18.4 Å². The van der Waals surface area contributed by atoms with Crippen LogP contribution in [0.3, 0.4) is 0 Å². The first kappa shape index (κ1) is 21.6. The van der Waals surface area contributed by atoms with Gasteiger partial charge in [0.1, 0.15) is 0 Å². The molecule has 0 aromatic heterocycles. The van der Waals surface area contributed by atoms with Crippen molar-refractivity contribution in [2.75, 3.05) is 46.0 Å². The Morgan fingerprint density at radius 2 is 2.11 bits per heavy atom. The molecule has 1 fully saturated rings. The summed E-state index contributed by atoms with van der Waals surface area (Å²) < 4.78 is 12.0. The van der Waals surface area contributed by atoms with Gasteiger partial charge in [0.2, 0.25) is 0 Å². The fourth-order valence-electron chi connectivity index (χ4n) is 3.53. The molecule has 0 saturated carbocycles. The first-order chi connectivity index (χ1) is 13.5. The van der Waals surface area contributed by atoms with E-state index in [1.165, 1.54) is 0 Å². The van der Waals surface area contributed by atoms with Gasteiger partial charge in [0.05, 0.1) is 34.4 Å². The summed E-state index contributed by atoms with van der Waals surface area (Å²) in [6.07, 6.45) is 1.69. The van der Waals surface area contributed by atoms with Crippen molar-refractivity contribution >= 4 is 33.4 Å². The summed E-state index contributed by atoms with van der Waals surface area (Å²) in [5.41, 5.74) is 0.333. The number of ether oxygens (including phenoxy) is 2. The third-order valence-corrected chi connectivity index (χ3v) is 6.43. The molecule has 0 spiro atoms. The lowest BCUT2D eigenvalue weighted by atomic mass is 9.93. The molecule has 0 aliphatic carbocycles. The van der Waals surface area contributed by atoms with Crippen LogP contribution in [0.25, 0.3) is 0 Å². The minimum atomic E-state index is -0.516. The number of carbonyl (C=O) groups excluding carboxylic acids is 1. The molecule has 1 aromatic carbocycles. The molecule has 1 unspecified atom stereocenters. The van der Waals surface area contributed by atoms with Crippen LogP contribution in [-0.4, -0.2) is 73.1 Å². The molecule has 2 aliphatic rings. The van der Waals surface area contributed by atoms with Crippen LogP contribution < -0.4 is 14.8 Å². The number of benzene rings is 1. The van der Waals surface area contributed by atoms with Gasteiger partial charge in [-0.1, -0.05) is 11.6 Å². The first-order valence-corrected chi connectivity index (χ1v) is 10.8. The van der Waals surface area contributed by atoms with Crippen LogP contribution in [0.2, 0.25) is 5.02 Å². The Hall–Kier alpha value is -1.06. The van der Waals surface area contributed by atoms with E-state index >= 15 is 0 Å². The molecule has 28 heavy (non-hydrogen) atoms. The summed E-state index contributed by atoms with van der Waals surface area (Å²) in [5.74, 6) is 0.528. The van der Waals surface area contributed by atoms with Crippen molar-refractivity contribution in [3.8, 4) is 11.5 Å². The van der Waals surface area contributed by atoms with Crippen LogP contribution >= 0.6 is 27.5 Å². The molecule has 9 heteroatoms. The molecule has 3 rings (SSSR count). The van der Waals surface area contributed by atoms with E-state index in [2.05, 4.69) is 26.1 Å². The SMILES string of the molecule is O=C(NC[C@@H]1CCN(CCCO)CC1O)c1cc(Cl)c(Br)c2c1OCCCO2. The molecule has 2 aliphatic heterocycles. The number of nitrogens with zero attached hydrogens (tertiary/aromatic N) is 1. The van der Waals surface area contributed by atoms with Gasteiger partial charge < -0.3 is 29.9 Å². The summed E-state index contributed by atoms with van der Waals surface area (Å²) in [7, 11) is 0. The Kier molecular flexibility index (Phi) is 7.82. The number of rotatable bonds is 6. The molecule has 3 N–H and O–H groups in total. The van der Waals surface area contributed by atoms with E-state index in [0.29, 0.717) is 59.3 Å². The van der Waals surface area contributed by atoms with Crippen LogP contribution in [0.1, 0.15) is 29.6 Å². The van der Waals surface area contributed by atoms with Crippen molar-refractivity contribution in [2.45, 2.75) is 25.4 Å². The molecule has 1 saturated heterocycles. The Labute approximate surface area is 178 Å². The third-order valence-electron chi connectivity index (χ3n) is 5.12. The van der Waals surface area contributed by atoms with Crippen LogP contribution in [0.4, 0.5) is 0 Å². The number of amides is 1. The Bertz CT molecular complexity index is 705. The number of β-amino-alcohol motifs (C(OH)–C–C–N with tert-alkyl or cyclic N) is 1. The minimum Gasteiger partial charge on any atom is -0.489 e. The fraction of sp³-hybridized carbons (Fsp3) is 0.632. The molecule has 0 bridgehead atoms. The van der Waals surface area contributed by atoms with Crippen molar-refractivity contribution in [3.63, 3.8) is 0 Å². The highest BCUT2D eigenvalue weighted by molar-refractivity contribution is 9.10. The van der Waals surface area contributed by atoms with Gasteiger partial charge >= 0.3 is 0 Å². The lowest BCUT2D eigenvalue weighted by molar-refractivity contribution is 0.0201. The van der Waals surface area contributed by atoms with Crippen molar-refractivity contribution in [1.29, 1.82) is 0 Å². The van der Waals surface area contributed by atoms with E-state index in [0.717, 1.165) is 25.9 Å². The zero-order valence-corrected chi connectivity index (χ0v) is 18.0. The largest absolute Gasteiger partial charge is 0.489 e. The number of aliphatic hydroxyl groups is 2. The number of aliphatic hydroxyl groups excluding tert-OH is 2. The normalized spacial score (nSPS) is 22.6. The van der Waals surface area contributed by atoms with Gasteiger partial charge in [0.15, 0.2) is 11.5 Å². The average Bonchev–Trinajstić information content (AvgIpc) is 2.94. The molecule has 156 valence electrons. The number of likely N-dealkylation sites (tertiary alicyclic amines) is 1. The number of hydrogen-bond donors (Lipinski definition) is 3. The molecular formula is C19H26BrClN2O5. The summed E-state index contributed by atoms with van der Waals surface area (Å²) in [5, 5.41) is 22.6. The van der Waals surface area contributed by atoms with Gasteiger partial charge in [-0.05, 0) is 41.4 Å². The highest BCUT2D eigenvalue weighted by atomic mass is 79.9. The monoisotopic (exact) mass is 476 g/mol. The third kappa shape index (κ3) is 5.10. The van der Waals surface area contributed by atoms with Gasteiger partial charge in [0.25, 0.3) is 5.91 Å². The van der Waals surface area contributed by atoms with E-state index < -0.39 is 6.10 Å². The quantitative estimate of drug-likeness (QED) is 0.581. The minimum absolute atomic E-state index is 0.0176. The molecule has 2 heterocycles. The molecular weight excluding hydrogens is 452 g/mol. The lowest BCUT2D eigenvalue weighted by Gasteiger charge is -2.36. The summed E-state index contributed by atoms with van der Waals surface area (Å²) in [6, 6.07) is 1.57. The molecule has 0 radical (unpaired) electrons. The molecule has 1 aromatic rings. The van der Waals surface area contributed by atoms with Gasteiger partial charge in [-0.15, -0.1) is 0 Å². The number of nitrogens with one attached hydrogen (secondary N) is 1. The van der Waals surface area contributed by atoms with Gasteiger partial charge in [-0.3, -0.25) is 4.79 Å². The zero-order chi connectivity index (χ0) is 20.1. The Morgan fingerprint density at radius 1 is 1.36 bits per heavy atom. The molecule has 1 amide bonds. The Balaban J connectivity index is 1.63. The van der Waals surface area contributed by atoms with Crippen molar-refractivity contribution < 1.29 is 24.5 Å². The number of halogens is 2. The van der Waals surface area contributed by atoms with Crippen molar-refractivity contribution in [3.05, 3.63) is 21.1 Å². The summed E-state index contributed by atoms with van der Waals surface area (Å²) in [4.78, 5) is 14.9. The average molecular weight is 478 g/mol. The van der Waals surface area contributed by atoms with Gasteiger partial charge in [0, 0.05) is 38.6 Å². The standard InChI is InChI=1S/C19H26BrClN2O5/c20-16-14(21)9-13(17-18(16)28-8-2-7-27-17)19(26)22-10-12-3-5-23(4-1-6-24)11-15(12)25/h9,12,15,24-25H,1-8,10-11H2,(H,22,26)/t12-,15?/m0/s1. The van der Waals surface area contributed by atoms with Gasteiger partial charge in [-0.25, -0.2) is 0 Å². The second-order valence-electron chi connectivity index (χ2n) is 7.13. The maximum absolute atomic E-state index is 12.8. The van der Waals surface area contributed by atoms with Crippen LogP contribution in [0.5, 0.6) is 11.5 Å². The molecule has 2 atom stereocenters. The fourth-order valence-corrected chi connectivity index (χ4v) is 4.14. The number of carbonyl (C=O) groups is 1.